The molecule has 0 saturated carbocycles. The van der Waals surface area contributed by atoms with Crippen LogP contribution >= 0.6 is 0 Å². The molecule has 1 aromatic carbocycles. The molecule has 1 rings (SSSR count). The second-order valence-corrected chi connectivity index (χ2v) is 3.63. The molecule has 1 amide bonds. The smallest absolute Gasteiger partial charge is 0.221 e. The van der Waals surface area contributed by atoms with E-state index in [0.717, 1.165) is 31.5 Å². The molecule has 0 aliphatic rings. The highest BCUT2D eigenvalue weighted by molar-refractivity contribution is 5.88. The van der Waals surface area contributed by atoms with Crippen molar-refractivity contribution < 1.29 is 4.79 Å². The van der Waals surface area contributed by atoms with Crippen LogP contribution in [-0.2, 0) is 11.2 Å². The summed E-state index contributed by atoms with van der Waals surface area (Å²) in [6, 6.07) is 7.94. The zero-order valence-corrected chi connectivity index (χ0v) is 9.12. The Morgan fingerprint density at radius 2 is 2.20 bits per heavy atom. The second-order valence-electron chi connectivity index (χ2n) is 3.63. The maximum absolute atomic E-state index is 10.9. The van der Waals surface area contributed by atoms with Crippen LogP contribution in [0.1, 0.15) is 25.3 Å². The summed E-state index contributed by atoms with van der Waals surface area (Å²) >= 11 is 0. The minimum absolute atomic E-state index is 0.0332. The van der Waals surface area contributed by atoms with Gasteiger partial charge in [0.25, 0.3) is 0 Å². The summed E-state index contributed by atoms with van der Waals surface area (Å²) in [5.41, 5.74) is 7.54. The van der Waals surface area contributed by atoms with E-state index in [1.165, 1.54) is 12.5 Å². The topological polar surface area (TPSA) is 55.1 Å². The molecule has 0 aliphatic carbocycles. The number of carbonyl (C=O) groups excluding carboxylic acids is 1. The highest BCUT2D eigenvalue weighted by Crippen LogP contribution is 2.12. The minimum Gasteiger partial charge on any atom is -0.330 e. The zero-order valence-electron chi connectivity index (χ0n) is 9.12. The van der Waals surface area contributed by atoms with E-state index in [1.54, 1.807) is 0 Å². The van der Waals surface area contributed by atoms with Gasteiger partial charge in [0.15, 0.2) is 0 Å². The molecule has 3 nitrogen and oxygen atoms in total. The van der Waals surface area contributed by atoms with Crippen molar-refractivity contribution in [2.24, 2.45) is 5.73 Å². The average Bonchev–Trinajstić information content (AvgIpc) is 2.18. The van der Waals surface area contributed by atoms with Crippen LogP contribution < -0.4 is 11.1 Å². The van der Waals surface area contributed by atoms with E-state index in [-0.39, 0.29) is 5.91 Å². The standard InChI is InChI=1S/C12H18N2O/c1-10(15)14-12-7-4-6-11(9-12)5-2-3-8-13/h4,6-7,9H,2-3,5,8,13H2,1H3,(H,14,15). The molecule has 3 N–H and O–H groups in total. The van der Waals surface area contributed by atoms with Gasteiger partial charge in [0.2, 0.25) is 5.91 Å². The minimum atomic E-state index is -0.0332. The molecular weight excluding hydrogens is 188 g/mol. The van der Waals surface area contributed by atoms with Gasteiger partial charge in [0.1, 0.15) is 0 Å². The number of hydrogen-bond acceptors (Lipinski definition) is 2. The first-order valence-corrected chi connectivity index (χ1v) is 5.29. The van der Waals surface area contributed by atoms with Gasteiger partial charge in [0, 0.05) is 12.6 Å². The molecular formula is C12H18N2O. The molecule has 0 atom stereocenters. The van der Waals surface area contributed by atoms with Crippen LogP contribution in [0.5, 0.6) is 0 Å². The number of rotatable bonds is 5. The number of benzene rings is 1. The van der Waals surface area contributed by atoms with Gasteiger partial charge >= 0.3 is 0 Å². The predicted octanol–water partition coefficient (Wildman–Crippen LogP) is 1.93. The van der Waals surface area contributed by atoms with Gasteiger partial charge in [-0.1, -0.05) is 12.1 Å². The average molecular weight is 206 g/mol. The Kier molecular flexibility index (Phi) is 4.84. The van der Waals surface area contributed by atoms with Crippen LogP contribution in [0.3, 0.4) is 0 Å². The van der Waals surface area contributed by atoms with Crippen LogP contribution in [0.2, 0.25) is 0 Å². The fourth-order valence-electron chi connectivity index (χ4n) is 1.48. The molecule has 0 bridgehead atoms. The van der Waals surface area contributed by atoms with Crippen molar-refractivity contribution in [1.29, 1.82) is 0 Å². The Hall–Kier alpha value is -1.35. The van der Waals surface area contributed by atoms with Crippen LogP contribution in [-0.4, -0.2) is 12.5 Å². The van der Waals surface area contributed by atoms with Gasteiger partial charge in [-0.2, -0.15) is 0 Å². The fourth-order valence-corrected chi connectivity index (χ4v) is 1.48. The Bertz CT molecular complexity index is 323. The lowest BCUT2D eigenvalue weighted by Crippen LogP contribution is -2.06. The number of nitrogens with two attached hydrogens (primary N) is 1. The number of unbranched alkanes of at least 4 members (excludes halogenated alkanes) is 1. The number of anilines is 1. The highest BCUT2D eigenvalue weighted by atomic mass is 16.1. The van der Waals surface area contributed by atoms with Gasteiger partial charge in [-0.3, -0.25) is 4.79 Å². The zero-order chi connectivity index (χ0) is 11.1. The molecule has 0 spiro atoms. The summed E-state index contributed by atoms with van der Waals surface area (Å²) in [6.07, 6.45) is 3.16. The molecule has 3 heteroatoms. The van der Waals surface area contributed by atoms with E-state index >= 15 is 0 Å². The third-order valence-corrected chi connectivity index (χ3v) is 2.17. The Morgan fingerprint density at radius 1 is 1.40 bits per heavy atom. The molecule has 15 heavy (non-hydrogen) atoms. The molecule has 0 unspecified atom stereocenters. The van der Waals surface area contributed by atoms with E-state index in [1.807, 2.05) is 18.2 Å². The van der Waals surface area contributed by atoms with Crippen molar-refractivity contribution in [3.8, 4) is 0 Å². The van der Waals surface area contributed by atoms with Crippen LogP contribution in [0.15, 0.2) is 24.3 Å². The second kappa shape index (κ2) is 6.19. The van der Waals surface area contributed by atoms with E-state index < -0.39 is 0 Å². The molecule has 0 fully saturated rings. The summed E-state index contributed by atoms with van der Waals surface area (Å²) in [6.45, 7) is 2.26. The monoisotopic (exact) mass is 206 g/mol. The summed E-state index contributed by atoms with van der Waals surface area (Å²) in [5, 5.41) is 2.77. The normalized spacial score (nSPS) is 10.0. The quantitative estimate of drug-likeness (QED) is 0.723. The number of amides is 1. The molecule has 0 radical (unpaired) electrons. The van der Waals surface area contributed by atoms with E-state index in [9.17, 15) is 4.79 Å². The fraction of sp³-hybridized carbons (Fsp3) is 0.417. The Labute approximate surface area is 90.7 Å². The summed E-state index contributed by atoms with van der Waals surface area (Å²) in [5.74, 6) is -0.0332. The highest BCUT2D eigenvalue weighted by Gasteiger charge is 1.97. The molecule has 0 aliphatic heterocycles. The van der Waals surface area contributed by atoms with Crippen LogP contribution in [0.25, 0.3) is 0 Å². The van der Waals surface area contributed by atoms with E-state index in [2.05, 4.69) is 11.4 Å². The lowest BCUT2D eigenvalue weighted by molar-refractivity contribution is -0.114. The lowest BCUT2D eigenvalue weighted by atomic mass is 10.1. The van der Waals surface area contributed by atoms with Gasteiger partial charge in [-0.25, -0.2) is 0 Å². The van der Waals surface area contributed by atoms with Crippen molar-refractivity contribution in [3.05, 3.63) is 29.8 Å². The maximum Gasteiger partial charge on any atom is 0.221 e. The van der Waals surface area contributed by atoms with E-state index in [4.69, 9.17) is 5.73 Å². The van der Waals surface area contributed by atoms with Gasteiger partial charge in [-0.15, -0.1) is 0 Å². The van der Waals surface area contributed by atoms with Gasteiger partial charge in [-0.05, 0) is 43.5 Å². The predicted molar refractivity (Wildman–Crippen MR) is 62.7 cm³/mol. The number of aryl methyl sites for hydroxylation is 1. The number of carbonyl (C=O) groups is 1. The van der Waals surface area contributed by atoms with E-state index in [0.29, 0.717) is 0 Å². The molecule has 0 saturated heterocycles. The van der Waals surface area contributed by atoms with Crippen molar-refractivity contribution in [3.63, 3.8) is 0 Å². The van der Waals surface area contributed by atoms with Gasteiger partial charge in [0.05, 0.1) is 0 Å². The third kappa shape index (κ3) is 4.61. The SMILES string of the molecule is CC(=O)Nc1cccc(CCCCN)c1. The number of nitrogens with one attached hydrogen (secondary N) is 1. The molecule has 1 aromatic rings. The summed E-state index contributed by atoms with van der Waals surface area (Å²) in [7, 11) is 0. The summed E-state index contributed by atoms with van der Waals surface area (Å²) < 4.78 is 0. The number of hydrogen-bond donors (Lipinski definition) is 2. The van der Waals surface area contributed by atoms with Gasteiger partial charge < -0.3 is 11.1 Å². The van der Waals surface area contributed by atoms with Crippen molar-refractivity contribution in [2.45, 2.75) is 26.2 Å². The van der Waals surface area contributed by atoms with Crippen LogP contribution in [0.4, 0.5) is 5.69 Å². The van der Waals surface area contributed by atoms with Crippen molar-refractivity contribution >= 4 is 11.6 Å². The largest absolute Gasteiger partial charge is 0.330 e. The first kappa shape index (κ1) is 11.7. The summed E-state index contributed by atoms with van der Waals surface area (Å²) in [4.78, 5) is 10.9. The first-order valence-electron chi connectivity index (χ1n) is 5.29. The maximum atomic E-state index is 10.9. The van der Waals surface area contributed by atoms with Crippen LogP contribution in [0, 0.1) is 0 Å². The van der Waals surface area contributed by atoms with Crippen molar-refractivity contribution in [2.75, 3.05) is 11.9 Å². The Balaban J connectivity index is 2.53. The lowest BCUT2D eigenvalue weighted by Gasteiger charge is -2.05. The first-order chi connectivity index (χ1) is 7.22. The molecule has 0 aromatic heterocycles. The third-order valence-electron chi connectivity index (χ3n) is 2.17. The van der Waals surface area contributed by atoms with Crippen molar-refractivity contribution in [1.82, 2.24) is 0 Å². The molecule has 0 heterocycles. The molecule has 82 valence electrons. The Morgan fingerprint density at radius 3 is 2.87 bits per heavy atom.